The van der Waals surface area contributed by atoms with Crippen LogP contribution in [-0.2, 0) is 14.9 Å². The van der Waals surface area contributed by atoms with Crippen molar-refractivity contribution < 1.29 is 9.53 Å². The molecular weight excluding hydrogens is 476 g/mol. The molecule has 0 bridgehead atoms. The van der Waals surface area contributed by atoms with Gasteiger partial charge in [0.2, 0.25) is 0 Å². The van der Waals surface area contributed by atoms with E-state index in [-0.39, 0.29) is 40.7 Å². The van der Waals surface area contributed by atoms with E-state index in [1.165, 1.54) is 33.4 Å². The van der Waals surface area contributed by atoms with Crippen LogP contribution in [-0.4, -0.2) is 5.97 Å². The number of carbonyl (C=O) groups is 1. The van der Waals surface area contributed by atoms with Gasteiger partial charge in [-0.15, -0.1) is 0 Å². The summed E-state index contributed by atoms with van der Waals surface area (Å²) in [6, 6.07) is 26.4. The van der Waals surface area contributed by atoms with E-state index in [0.29, 0.717) is 0 Å². The van der Waals surface area contributed by atoms with E-state index >= 15 is 0 Å². The summed E-state index contributed by atoms with van der Waals surface area (Å²) in [5.41, 5.74) is 7.68. The van der Waals surface area contributed by atoms with Crippen LogP contribution >= 0.6 is 0 Å². The molecule has 1 aliphatic heterocycles. The zero-order valence-electron chi connectivity index (χ0n) is 24.4. The van der Waals surface area contributed by atoms with Crippen molar-refractivity contribution in [3.8, 4) is 0 Å². The van der Waals surface area contributed by atoms with E-state index in [9.17, 15) is 4.79 Å². The molecule has 7 unspecified atom stereocenters. The Balaban J connectivity index is 1.60. The fraction of sp³-hybridized carbons (Fsp3) is 0.432. The Morgan fingerprint density at radius 1 is 1.00 bits per heavy atom. The van der Waals surface area contributed by atoms with Crippen LogP contribution in [0.25, 0.3) is 0 Å². The van der Waals surface area contributed by atoms with Gasteiger partial charge in [-0.3, -0.25) is 4.79 Å². The first-order valence-electron chi connectivity index (χ1n) is 14.7. The summed E-state index contributed by atoms with van der Waals surface area (Å²) in [5, 5.41) is 0. The molecule has 1 saturated carbocycles. The second-order valence-electron chi connectivity index (χ2n) is 12.9. The molecule has 3 aromatic carbocycles. The van der Waals surface area contributed by atoms with Crippen LogP contribution in [0.2, 0.25) is 0 Å². The van der Waals surface area contributed by atoms with E-state index in [1.807, 2.05) is 0 Å². The highest BCUT2D eigenvalue weighted by Gasteiger charge is 2.81. The van der Waals surface area contributed by atoms with Crippen molar-refractivity contribution in [1.82, 2.24) is 0 Å². The fourth-order valence-electron chi connectivity index (χ4n) is 9.35. The normalized spacial score (nSPS) is 33.3. The number of benzene rings is 3. The number of carbonyl (C=O) groups excluding carboxylic acids is 1. The van der Waals surface area contributed by atoms with Gasteiger partial charge in [0, 0.05) is 22.7 Å². The second-order valence-corrected chi connectivity index (χ2v) is 12.9. The molecular formula is C37H42O2. The van der Waals surface area contributed by atoms with Gasteiger partial charge in [0.25, 0.3) is 0 Å². The minimum Gasteiger partial charge on any atom is -0.456 e. The Hall–Kier alpha value is -3.13. The first-order valence-corrected chi connectivity index (χ1v) is 14.7. The lowest BCUT2D eigenvalue weighted by Gasteiger charge is -2.45. The highest BCUT2D eigenvalue weighted by atomic mass is 16.6. The Labute approximate surface area is 234 Å². The van der Waals surface area contributed by atoms with Crippen molar-refractivity contribution in [2.24, 2.45) is 16.7 Å². The highest BCUT2D eigenvalue weighted by Crippen LogP contribution is 2.82. The van der Waals surface area contributed by atoms with Crippen LogP contribution in [0.4, 0.5) is 0 Å². The predicted molar refractivity (Wildman–Crippen MR) is 159 cm³/mol. The maximum Gasteiger partial charge on any atom is 0.314 e. The quantitative estimate of drug-likeness (QED) is 0.240. The van der Waals surface area contributed by atoms with E-state index in [2.05, 4.69) is 114 Å². The van der Waals surface area contributed by atoms with E-state index < -0.39 is 5.41 Å². The molecule has 2 aliphatic carbocycles. The van der Waals surface area contributed by atoms with Gasteiger partial charge < -0.3 is 4.74 Å². The maximum atomic E-state index is 14.6. The minimum absolute atomic E-state index is 0.00574. The molecule has 39 heavy (non-hydrogen) atoms. The molecule has 1 heterocycles. The number of hydrogen-bond donors (Lipinski definition) is 0. The van der Waals surface area contributed by atoms with Gasteiger partial charge in [-0.25, -0.2) is 0 Å². The lowest BCUT2D eigenvalue weighted by atomic mass is 9.54. The molecule has 2 nitrogen and oxygen atoms in total. The molecule has 0 N–H and O–H groups in total. The minimum atomic E-state index is -0.638. The summed E-state index contributed by atoms with van der Waals surface area (Å²) in [7, 11) is 0. The standard InChI is InChI=1S/C37H42O2/c1-8-20-36-32(26(5)25(4)28-19-18-23(2)24(3)21-28)35(7,29-14-10-9-11-15-29)22-37(36)27(6)30-16-12-13-17-31(30)33(37)39-34(36)38/h9-19,21,25,27,32-33H,5,8,20,22H2,1-4,6-7H3. The zero-order chi connectivity index (χ0) is 27.7. The van der Waals surface area contributed by atoms with Gasteiger partial charge in [0.15, 0.2) is 0 Å². The largest absolute Gasteiger partial charge is 0.456 e. The SMILES string of the molecule is C=C(C(C)c1ccc(C)c(C)c1)C1C(C)(c2ccccc2)CC23C(C)c4ccccc4C2OC(=O)C13CCC. The van der Waals surface area contributed by atoms with E-state index in [0.717, 1.165) is 24.8 Å². The molecule has 1 spiro atoms. The summed E-state index contributed by atoms with van der Waals surface area (Å²) in [5.74, 6) is 0.286. The van der Waals surface area contributed by atoms with Crippen LogP contribution in [0.5, 0.6) is 0 Å². The molecule has 0 amide bonds. The number of fused-ring (bicyclic) bond motifs is 2. The third-order valence-electron chi connectivity index (χ3n) is 11.2. The van der Waals surface area contributed by atoms with Gasteiger partial charge in [0.05, 0.1) is 5.41 Å². The van der Waals surface area contributed by atoms with Crippen LogP contribution in [0.15, 0.2) is 84.9 Å². The van der Waals surface area contributed by atoms with Crippen molar-refractivity contribution in [2.75, 3.05) is 0 Å². The number of aryl methyl sites for hydroxylation is 2. The Morgan fingerprint density at radius 3 is 2.33 bits per heavy atom. The van der Waals surface area contributed by atoms with E-state index in [1.54, 1.807) is 0 Å². The first-order chi connectivity index (χ1) is 18.6. The number of hydrogen-bond acceptors (Lipinski definition) is 2. The lowest BCUT2D eigenvalue weighted by Crippen LogP contribution is -2.47. The van der Waals surface area contributed by atoms with Gasteiger partial charge in [-0.2, -0.15) is 0 Å². The summed E-state index contributed by atoms with van der Waals surface area (Å²) in [4.78, 5) is 14.6. The smallest absolute Gasteiger partial charge is 0.314 e. The van der Waals surface area contributed by atoms with E-state index in [4.69, 9.17) is 11.3 Å². The predicted octanol–water partition coefficient (Wildman–Crippen LogP) is 9.13. The molecule has 0 radical (unpaired) electrons. The molecule has 0 aromatic heterocycles. The number of allylic oxidation sites excluding steroid dienone is 1. The lowest BCUT2D eigenvalue weighted by molar-refractivity contribution is -0.152. The first kappa shape index (κ1) is 26.1. The van der Waals surface area contributed by atoms with Crippen LogP contribution in [0.1, 0.15) is 98.3 Å². The van der Waals surface area contributed by atoms with Crippen LogP contribution < -0.4 is 0 Å². The number of ether oxygens (including phenoxy) is 1. The fourth-order valence-corrected chi connectivity index (χ4v) is 9.35. The molecule has 2 fully saturated rings. The summed E-state index contributed by atoms with van der Waals surface area (Å²) >= 11 is 0. The van der Waals surface area contributed by atoms with Gasteiger partial charge in [0.1, 0.15) is 6.10 Å². The Kier molecular flexibility index (Phi) is 5.99. The molecule has 2 heteroatoms. The highest BCUT2D eigenvalue weighted by molar-refractivity contribution is 5.85. The number of esters is 1. The van der Waals surface area contributed by atoms with Crippen LogP contribution in [0.3, 0.4) is 0 Å². The molecule has 202 valence electrons. The molecule has 7 atom stereocenters. The monoisotopic (exact) mass is 518 g/mol. The van der Waals surface area contributed by atoms with Gasteiger partial charge in [-0.05, 0) is 66.0 Å². The summed E-state index contributed by atoms with van der Waals surface area (Å²) in [6.45, 7) is 18.5. The third-order valence-corrected chi connectivity index (χ3v) is 11.2. The topological polar surface area (TPSA) is 26.3 Å². The van der Waals surface area contributed by atoms with Crippen molar-refractivity contribution in [2.45, 2.75) is 84.2 Å². The zero-order valence-corrected chi connectivity index (χ0v) is 24.4. The van der Waals surface area contributed by atoms with Crippen molar-refractivity contribution in [1.29, 1.82) is 0 Å². The summed E-state index contributed by atoms with van der Waals surface area (Å²) < 4.78 is 6.55. The Morgan fingerprint density at radius 2 is 1.67 bits per heavy atom. The van der Waals surface area contributed by atoms with Crippen LogP contribution in [0, 0.1) is 30.6 Å². The van der Waals surface area contributed by atoms with Gasteiger partial charge in [-0.1, -0.05) is 119 Å². The molecule has 1 saturated heterocycles. The van der Waals surface area contributed by atoms with Gasteiger partial charge >= 0.3 is 5.97 Å². The maximum absolute atomic E-state index is 14.6. The number of rotatable bonds is 6. The molecule has 3 aromatic rings. The third kappa shape index (κ3) is 3.24. The summed E-state index contributed by atoms with van der Waals surface area (Å²) in [6.07, 6.45) is 2.44. The van der Waals surface area contributed by atoms with Crippen molar-refractivity contribution in [3.63, 3.8) is 0 Å². The van der Waals surface area contributed by atoms with Crippen molar-refractivity contribution >= 4 is 5.97 Å². The Bertz CT molecular complexity index is 1450. The molecule has 3 aliphatic rings. The average Bonchev–Trinajstić information content (AvgIpc) is 3.42. The van der Waals surface area contributed by atoms with Crippen molar-refractivity contribution in [3.05, 3.63) is 118 Å². The molecule has 6 rings (SSSR count). The average molecular weight is 519 g/mol. The second kappa shape index (κ2) is 8.95.